The van der Waals surface area contributed by atoms with E-state index in [0.29, 0.717) is 48.1 Å². The Bertz CT molecular complexity index is 1450. The van der Waals surface area contributed by atoms with Gasteiger partial charge in [0.1, 0.15) is 6.29 Å². The molecule has 3 aromatic rings. The van der Waals surface area contributed by atoms with Crippen LogP contribution in [0.15, 0.2) is 77.7 Å². The van der Waals surface area contributed by atoms with Crippen molar-refractivity contribution >= 4 is 57.4 Å². The van der Waals surface area contributed by atoms with Crippen molar-refractivity contribution in [3.8, 4) is 0 Å². The molecular formula is C30H33Cl3N2O4S. The molecule has 2 saturated heterocycles. The summed E-state index contributed by atoms with van der Waals surface area (Å²) in [4.78, 5) is 16.3. The second-order valence-electron chi connectivity index (χ2n) is 10.7. The molecular weight excluding hydrogens is 591 g/mol. The van der Waals surface area contributed by atoms with Crippen LogP contribution >= 0.6 is 35.6 Å². The van der Waals surface area contributed by atoms with Crippen molar-refractivity contribution in [1.82, 2.24) is 4.90 Å². The molecule has 0 aliphatic carbocycles. The minimum Gasteiger partial charge on any atom is -0.389 e. The monoisotopic (exact) mass is 622 g/mol. The summed E-state index contributed by atoms with van der Waals surface area (Å²) in [5, 5.41) is 12.4. The smallest absolute Gasteiger partial charge is 0.181 e. The predicted octanol–water partition coefficient (Wildman–Crippen LogP) is 6.02. The van der Waals surface area contributed by atoms with Crippen LogP contribution in [0.25, 0.3) is 0 Å². The fourth-order valence-electron chi connectivity index (χ4n) is 6.07. The second kappa shape index (κ2) is 12.4. The van der Waals surface area contributed by atoms with Crippen LogP contribution in [-0.2, 0) is 15.4 Å². The lowest BCUT2D eigenvalue weighted by Gasteiger charge is -2.53. The highest BCUT2D eigenvalue weighted by Gasteiger charge is 2.47. The molecule has 0 bridgehead atoms. The van der Waals surface area contributed by atoms with Crippen LogP contribution in [0.5, 0.6) is 0 Å². The average Bonchev–Trinajstić information content (AvgIpc) is 2.95. The first-order valence-electron chi connectivity index (χ1n) is 13.2. The van der Waals surface area contributed by atoms with Gasteiger partial charge in [0, 0.05) is 37.4 Å². The number of rotatable bonds is 7. The quantitative estimate of drug-likeness (QED) is 0.324. The van der Waals surface area contributed by atoms with Crippen molar-refractivity contribution in [3.63, 3.8) is 0 Å². The Morgan fingerprint density at radius 2 is 1.60 bits per heavy atom. The summed E-state index contributed by atoms with van der Waals surface area (Å²) in [7, 11) is -3.63. The zero-order valence-corrected chi connectivity index (χ0v) is 25.2. The molecule has 1 unspecified atom stereocenters. The van der Waals surface area contributed by atoms with Gasteiger partial charge >= 0.3 is 0 Å². The molecule has 214 valence electrons. The van der Waals surface area contributed by atoms with Crippen molar-refractivity contribution in [2.75, 3.05) is 36.8 Å². The number of sulfone groups is 1. The SMILES string of the molecule is Cl.O=Cc1cccc(N2CCCC(c3ccc(Cl)c(Cl)c3)(N3CCC(O)(CS(=O)(=O)c4ccccc4)CC3)C2)c1. The topological polar surface area (TPSA) is 77.9 Å². The third kappa shape index (κ3) is 6.35. The standard InChI is InChI=1S/C30H32Cl2N2O4S.ClH/c31-27-11-10-24(19-28(27)32)30(12-5-15-33(21-30)25-7-4-6-23(18-25)20-35)34-16-13-29(36,14-17-34)22-39(37,38)26-8-2-1-3-9-26;/h1-4,6-11,18-20,36H,5,12-17,21-22H2;1H. The summed E-state index contributed by atoms with van der Waals surface area (Å²) in [5.41, 5.74) is 0.905. The molecule has 0 saturated carbocycles. The molecule has 6 nitrogen and oxygen atoms in total. The lowest BCUT2D eigenvalue weighted by atomic mass is 9.78. The molecule has 0 radical (unpaired) electrons. The van der Waals surface area contributed by atoms with Crippen LogP contribution in [-0.4, -0.2) is 62.2 Å². The number of halogens is 3. The second-order valence-corrected chi connectivity index (χ2v) is 13.5. The van der Waals surface area contributed by atoms with Gasteiger partial charge in [0.05, 0.1) is 31.8 Å². The van der Waals surface area contributed by atoms with Gasteiger partial charge in [-0.15, -0.1) is 12.4 Å². The van der Waals surface area contributed by atoms with Gasteiger partial charge in [-0.2, -0.15) is 0 Å². The molecule has 2 aliphatic rings. The lowest BCUT2D eigenvalue weighted by Crippen LogP contribution is -2.61. The number of aldehydes is 1. The summed E-state index contributed by atoms with van der Waals surface area (Å²) in [6.07, 6.45) is 3.31. The number of piperidine rings is 2. The van der Waals surface area contributed by atoms with E-state index >= 15 is 0 Å². The zero-order chi connectivity index (χ0) is 27.7. The van der Waals surface area contributed by atoms with Gasteiger partial charge in [0.25, 0.3) is 0 Å². The molecule has 0 amide bonds. The maximum atomic E-state index is 13.1. The van der Waals surface area contributed by atoms with Crippen LogP contribution in [0.3, 0.4) is 0 Å². The Kier molecular flexibility index (Phi) is 9.55. The van der Waals surface area contributed by atoms with Crippen LogP contribution in [0.2, 0.25) is 10.0 Å². The summed E-state index contributed by atoms with van der Waals surface area (Å²) in [5.74, 6) is -0.303. The first-order valence-corrected chi connectivity index (χ1v) is 15.6. The Hall–Kier alpha value is -2.13. The summed E-state index contributed by atoms with van der Waals surface area (Å²) < 4.78 is 26.1. The van der Waals surface area contributed by atoms with Gasteiger partial charge in [-0.05, 0) is 67.6 Å². The Labute approximate surface area is 252 Å². The Morgan fingerprint density at radius 3 is 2.27 bits per heavy atom. The molecule has 2 heterocycles. The highest BCUT2D eigenvalue weighted by Crippen LogP contribution is 2.43. The molecule has 40 heavy (non-hydrogen) atoms. The fourth-order valence-corrected chi connectivity index (χ4v) is 8.11. The van der Waals surface area contributed by atoms with E-state index in [1.807, 2.05) is 36.4 Å². The number of hydrogen-bond acceptors (Lipinski definition) is 6. The molecule has 1 N–H and O–H groups in total. The normalized spacial score (nSPS) is 21.4. The number of likely N-dealkylation sites (tertiary alicyclic amines) is 1. The Morgan fingerprint density at radius 1 is 0.875 bits per heavy atom. The van der Waals surface area contributed by atoms with E-state index in [1.165, 1.54) is 0 Å². The van der Waals surface area contributed by atoms with E-state index in [2.05, 4.69) is 9.80 Å². The van der Waals surface area contributed by atoms with E-state index in [1.54, 1.807) is 36.4 Å². The van der Waals surface area contributed by atoms with E-state index in [0.717, 1.165) is 36.9 Å². The summed E-state index contributed by atoms with van der Waals surface area (Å²) in [6, 6.07) is 21.7. The van der Waals surface area contributed by atoms with Gasteiger partial charge < -0.3 is 10.0 Å². The molecule has 3 aromatic carbocycles. The van der Waals surface area contributed by atoms with Gasteiger partial charge in [0.15, 0.2) is 9.84 Å². The van der Waals surface area contributed by atoms with Crippen molar-refractivity contribution in [2.45, 2.75) is 41.7 Å². The molecule has 0 aromatic heterocycles. The van der Waals surface area contributed by atoms with Crippen LogP contribution in [0.4, 0.5) is 5.69 Å². The fraction of sp³-hybridized carbons (Fsp3) is 0.367. The van der Waals surface area contributed by atoms with E-state index < -0.39 is 21.0 Å². The number of aliphatic hydroxyl groups is 1. The maximum Gasteiger partial charge on any atom is 0.181 e. The number of benzene rings is 3. The first-order chi connectivity index (χ1) is 18.6. The molecule has 5 rings (SSSR count). The Balaban J connectivity index is 0.00000370. The summed E-state index contributed by atoms with van der Waals surface area (Å²) in [6.45, 7) is 2.57. The van der Waals surface area contributed by atoms with Gasteiger partial charge in [0.2, 0.25) is 0 Å². The summed E-state index contributed by atoms with van der Waals surface area (Å²) >= 11 is 12.8. The van der Waals surface area contributed by atoms with Gasteiger partial charge in [-0.1, -0.05) is 59.6 Å². The highest BCUT2D eigenvalue weighted by atomic mass is 35.5. The van der Waals surface area contributed by atoms with Crippen LogP contribution < -0.4 is 4.90 Å². The number of carbonyl (C=O) groups is 1. The van der Waals surface area contributed by atoms with E-state index in [-0.39, 0.29) is 23.1 Å². The average molecular weight is 624 g/mol. The van der Waals surface area contributed by atoms with E-state index in [4.69, 9.17) is 23.2 Å². The molecule has 2 aliphatic heterocycles. The molecule has 0 spiro atoms. The molecule has 2 fully saturated rings. The minimum atomic E-state index is -3.63. The number of hydrogen-bond donors (Lipinski definition) is 1. The van der Waals surface area contributed by atoms with Crippen molar-refractivity contribution in [2.24, 2.45) is 0 Å². The minimum absolute atomic E-state index is 0. The zero-order valence-electron chi connectivity index (χ0n) is 22.0. The third-order valence-electron chi connectivity index (χ3n) is 8.16. The van der Waals surface area contributed by atoms with E-state index in [9.17, 15) is 18.3 Å². The van der Waals surface area contributed by atoms with Gasteiger partial charge in [-0.3, -0.25) is 9.69 Å². The number of anilines is 1. The van der Waals surface area contributed by atoms with Crippen molar-refractivity contribution < 1.29 is 18.3 Å². The largest absolute Gasteiger partial charge is 0.389 e. The molecule has 1 atom stereocenters. The third-order valence-corrected chi connectivity index (χ3v) is 10.8. The maximum absolute atomic E-state index is 13.1. The first kappa shape index (κ1) is 30.8. The van der Waals surface area contributed by atoms with Crippen LogP contribution in [0, 0.1) is 0 Å². The van der Waals surface area contributed by atoms with Crippen molar-refractivity contribution in [1.29, 1.82) is 0 Å². The number of carbonyl (C=O) groups excluding carboxylic acids is 1. The molecule has 10 heteroatoms. The highest BCUT2D eigenvalue weighted by molar-refractivity contribution is 7.91. The van der Waals surface area contributed by atoms with Gasteiger partial charge in [-0.25, -0.2) is 8.42 Å². The number of nitrogens with zero attached hydrogens (tertiary/aromatic N) is 2. The predicted molar refractivity (Wildman–Crippen MR) is 163 cm³/mol. The van der Waals surface area contributed by atoms with Crippen LogP contribution in [0.1, 0.15) is 41.6 Å². The lowest BCUT2D eigenvalue weighted by molar-refractivity contribution is -0.0441. The van der Waals surface area contributed by atoms with Crippen molar-refractivity contribution in [3.05, 3.63) is 94.0 Å².